The molecule has 0 aliphatic rings. The fourth-order valence-corrected chi connectivity index (χ4v) is 6.12. The summed E-state index contributed by atoms with van der Waals surface area (Å²) in [6, 6.07) is 0. The Morgan fingerprint density at radius 2 is 1.48 bits per heavy atom. The topological polar surface area (TPSA) is 143 Å². The lowest BCUT2D eigenvalue weighted by Crippen LogP contribution is -2.47. The summed E-state index contributed by atoms with van der Waals surface area (Å²) < 4.78 is 45.9. The number of nitrogens with zero attached hydrogens (tertiary/aromatic N) is 6. The molecule has 0 rings (SSSR count). The minimum Gasteiger partial charge on any atom is -0.223 e. The summed E-state index contributed by atoms with van der Waals surface area (Å²) in [6.45, 7) is 8.53. The molecule has 0 bridgehead atoms. The molecule has 0 aliphatic carbocycles. The number of hydrogen-bond acceptors (Lipinski definition) is 6. The lowest BCUT2D eigenvalue weighted by Gasteiger charge is -2.28. The molecule has 134 valence electrons. The fourth-order valence-electron chi connectivity index (χ4n) is 1.25. The Kier molecular flexibility index (Phi) is 6.67. The molecule has 0 saturated carbocycles. The summed E-state index contributed by atoms with van der Waals surface area (Å²) in [5, 5.41) is 12.7. The van der Waals surface area contributed by atoms with Crippen molar-refractivity contribution in [3.05, 3.63) is 5.53 Å². The molecule has 1 unspecified atom stereocenters. The first-order valence-electron chi connectivity index (χ1n) is 6.81. The van der Waals surface area contributed by atoms with Crippen molar-refractivity contribution in [1.29, 1.82) is 0 Å². The number of rotatable bonds is 7. The molecule has 0 aliphatic heterocycles. The molecule has 0 fully saturated rings. The molecule has 0 radical (unpaired) electrons. The van der Waals surface area contributed by atoms with Gasteiger partial charge in [0.15, 0.2) is 0 Å². The Morgan fingerprint density at radius 1 is 1.00 bits per heavy atom. The number of sulfone groups is 2. The van der Waals surface area contributed by atoms with Crippen molar-refractivity contribution in [2.45, 2.75) is 62.2 Å². The highest BCUT2D eigenvalue weighted by Gasteiger charge is 2.52. The van der Waals surface area contributed by atoms with Crippen LogP contribution in [0.25, 0.3) is 5.53 Å². The molecule has 0 aromatic heterocycles. The Hall–Kier alpha value is -1.30. The van der Waals surface area contributed by atoms with Crippen molar-refractivity contribution in [2.24, 2.45) is 20.7 Å². The maximum absolute atomic E-state index is 12.8. The van der Waals surface area contributed by atoms with Crippen molar-refractivity contribution in [2.75, 3.05) is 7.05 Å². The first-order valence-corrected chi connectivity index (χ1v) is 9.91. The summed E-state index contributed by atoms with van der Waals surface area (Å²) in [5.74, 6) is 0. The van der Waals surface area contributed by atoms with Gasteiger partial charge in [0, 0.05) is 0 Å². The van der Waals surface area contributed by atoms with Crippen LogP contribution in [0.4, 0.5) is 0 Å². The predicted molar refractivity (Wildman–Crippen MR) is 85.0 cm³/mol. The van der Waals surface area contributed by atoms with Crippen LogP contribution in [0.15, 0.2) is 20.7 Å². The third-order valence-corrected chi connectivity index (χ3v) is 9.71. The van der Waals surface area contributed by atoms with Gasteiger partial charge in [-0.25, -0.2) is 16.8 Å². The van der Waals surface area contributed by atoms with Crippen LogP contribution in [0.1, 0.15) is 48.0 Å². The Bertz CT molecular complexity index is 701. The molecule has 0 aromatic carbocycles. The molecule has 0 N–H and O–H groups in total. The third kappa shape index (κ3) is 4.59. The van der Waals surface area contributed by atoms with Crippen LogP contribution >= 0.6 is 0 Å². The highest BCUT2D eigenvalue weighted by Crippen LogP contribution is 2.33. The van der Waals surface area contributed by atoms with E-state index in [1.54, 1.807) is 6.92 Å². The van der Waals surface area contributed by atoms with E-state index in [9.17, 15) is 22.4 Å². The van der Waals surface area contributed by atoms with E-state index in [1.165, 1.54) is 41.7 Å². The van der Waals surface area contributed by atoms with Crippen LogP contribution in [0, 0.1) is 0 Å². The van der Waals surface area contributed by atoms with Gasteiger partial charge >= 0.3 is 4.71 Å². The molecule has 23 heavy (non-hydrogen) atoms. The molecular formula is C11H24N6O4S2. The van der Waals surface area contributed by atoms with Crippen LogP contribution < -0.4 is 0 Å². The average molecular weight is 368 g/mol. The van der Waals surface area contributed by atoms with Crippen LogP contribution in [-0.2, 0) is 19.7 Å². The Labute approximate surface area is 137 Å². The highest BCUT2D eigenvalue weighted by molar-refractivity contribution is 8.10. The lowest BCUT2D eigenvalue weighted by molar-refractivity contribution is -0.576. The second-order valence-electron chi connectivity index (χ2n) is 6.39. The van der Waals surface area contributed by atoms with Gasteiger partial charge in [-0.3, -0.25) is 0 Å². The average Bonchev–Trinajstić information content (AvgIpc) is 2.37. The Balaban J connectivity index is 6.33. The van der Waals surface area contributed by atoms with E-state index >= 15 is 0 Å². The zero-order valence-corrected chi connectivity index (χ0v) is 16.1. The van der Waals surface area contributed by atoms with Crippen molar-refractivity contribution < 1.29 is 21.8 Å². The normalized spacial score (nSPS) is 16.1. The predicted octanol–water partition coefficient (Wildman–Crippen LogP) is 2.49. The highest BCUT2D eigenvalue weighted by atomic mass is 32.3. The summed E-state index contributed by atoms with van der Waals surface area (Å²) in [7, 11) is -7.28. The van der Waals surface area contributed by atoms with Gasteiger partial charge in [0.25, 0.3) is 0 Å². The van der Waals surface area contributed by atoms with Gasteiger partial charge < -0.3 is 0 Å². The molecule has 0 aromatic rings. The minimum atomic E-state index is -4.26. The fraction of sp³-hybridized carbons (Fsp3) is 1.00. The standard InChI is InChI=1S/C11H24N6O4S2/c1-8-11(5,6)23(20,21)9(14-16-17(12)15-13-7)22(18,19)10(2,3)4/h9H,8H2,1-7H3. The van der Waals surface area contributed by atoms with Crippen LogP contribution in [-0.4, -0.2) is 43.0 Å². The molecule has 0 heterocycles. The largest absolute Gasteiger partial charge is 0.319 e. The second-order valence-corrected chi connectivity index (χ2v) is 12.1. The van der Waals surface area contributed by atoms with Crippen molar-refractivity contribution in [1.82, 2.24) is 0 Å². The molecule has 12 heteroatoms. The third-order valence-electron chi connectivity index (χ3n) is 3.40. The van der Waals surface area contributed by atoms with Gasteiger partial charge in [-0.2, -0.15) is 5.53 Å². The van der Waals surface area contributed by atoms with Crippen molar-refractivity contribution in [3.63, 3.8) is 0 Å². The lowest BCUT2D eigenvalue weighted by atomic mass is 10.1. The van der Waals surface area contributed by atoms with E-state index in [0.717, 1.165) is 0 Å². The molecule has 10 nitrogen and oxygen atoms in total. The van der Waals surface area contributed by atoms with Crippen molar-refractivity contribution >= 4 is 19.7 Å². The molecule has 1 atom stereocenters. The van der Waals surface area contributed by atoms with Gasteiger partial charge in [-0.1, -0.05) is 22.5 Å². The van der Waals surface area contributed by atoms with Crippen LogP contribution in [0.5, 0.6) is 0 Å². The molecule has 0 amide bonds. The van der Waals surface area contributed by atoms with Crippen LogP contribution in [0.2, 0.25) is 0 Å². The SMILES string of the molecule is CCC(C)(C)S(=O)(=O)C(N=N[N+](=[N-])N=NC)S(=O)(=O)C(C)(C)C. The van der Waals surface area contributed by atoms with E-state index < -0.39 is 33.9 Å². The van der Waals surface area contributed by atoms with Gasteiger partial charge in [0.05, 0.1) is 16.5 Å². The molecular weight excluding hydrogens is 344 g/mol. The van der Waals surface area contributed by atoms with Gasteiger partial charge in [0.2, 0.25) is 19.7 Å². The smallest absolute Gasteiger partial charge is 0.223 e. The van der Waals surface area contributed by atoms with E-state index in [1.807, 2.05) is 0 Å². The summed E-state index contributed by atoms with van der Waals surface area (Å²) in [4.78, 5) is -0.0976. The van der Waals surface area contributed by atoms with Gasteiger partial charge in [-0.15, -0.1) is 10.0 Å². The monoisotopic (exact) mass is 368 g/mol. The van der Waals surface area contributed by atoms with Gasteiger partial charge in [-0.05, 0) is 41.0 Å². The molecule has 0 saturated heterocycles. The first-order chi connectivity index (χ1) is 10.1. The number of hydrogen-bond donors (Lipinski definition) is 0. The van der Waals surface area contributed by atoms with E-state index in [-0.39, 0.29) is 11.3 Å². The van der Waals surface area contributed by atoms with Gasteiger partial charge in [0.1, 0.15) is 0 Å². The minimum absolute atomic E-state index is 0.0976. The zero-order valence-electron chi connectivity index (χ0n) is 14.4. The van der Waals surface area contributed by atoms with E-state index in [4.69, 9.17) is 0 Å². The van der Waals surface area contributed by atoms with E-state index in [2.05, 4.69) is 20.7 Å². The van der Waals surface area contributed by atoms with Crippen molar-refractivity contribution in [3.8, 4) is 0 Å². The first kappa shape index (κ1) is 21.7. The summed E-state index contributed by atoms with van der Waals surface area (Å²) in [5.41, 5.74) is 9.22. The quantitative estimate of drug-likeness (QED) is 0.386. The molecule has 0 spiro atoms. The van der Waals surface area contributed by atoms with E-state index in [0.29, 0.717) is 0 Å². The zero-order chi connectivity index (χ0) is 18.7. The summed E-state index contributed by atoms with van der Waals surface area (Å²) in [6.07, 6.45) is 0.179. The Morgan fingerprint density at radius 3 is 1.83 bits per heavy atom. The van der Waals surface area contributed by atoms with Crippen LogP contribution in [0.3, 0.4) is 0 Å². The maximum atomic E-state index is 12.8. The second kappa shape index (κ2) is 7.07. The maximum Gasteiger partial charge on any atom is 0.319 e. The summed E-state index contributed by atoms with van der Waals surface area (Å²) >= 11 is 0.